The van der Waals surface area contributed by atoms with Crippen LogP contribution in [0.5, 0.6) is 0 Å². The number of nitrogens with zero attached hydrogens (tertiary/aromatic N) is 2. The van der Waals surface area contributed by atoms with Crippen LogP contribution in [0.15, 0.2) is 42.6 Å². The number of ether oxygens (including phenoxy) is 1. The largest absolute Gasteiger partial charge is 0.381 e. The zero-order valence-electron chi connectivity index (χ0n) is 19.4. The Morgan fingerprint density at radius 2 is 2.00 bits per heavy atom. The number of carbonyl (C=O) groups is 1. The van der Waals surface area contributed by atoms with Crippen LogP contribution in [0.1, 0.15) is 60.5 Å². The zero-order chi connectivity index (χ0) is 23.6. The molecule has 35 heavy (non-hydrogen) atoms. The number of thiazole rings is 1. The molecule has 2 saturated heterocycles. The molecule has 1 atom stereocenters. The summed E-state index contributed by atoms with van der Waals surface area (Å²) in [5.74, 6) is -0.291. The van der Waals surface area contributed by atoms with Crippen molar-refractivity contribution in [1.29, 1.82) is 0 Å². The molecule has 4 heterocycles. The third-order valence-corrected chi connectivity index (χ3v) is 8.85. The summed E-state index contributed by atoms with van der Waals surface area (Å²) in [6.45, 7) is 1.38. The van der Waals surface area contributed by atoms with Crippen LogP contribution in [0.3, 0.4) is 0 Å². The first-order valence-electron chi connectivity index (χ1n) is 12.4. The molecule has 3 aliphatic rings. The van der Waals surface area contributed by atoms with Crippen molar-refractivity contribution < 1.29 is 13.9 Å². The van der Waals surface area contributed by atoms with Crippen molar-refractivity contribution in [3.8, 4) is 11.3 Å². The fraction of sp³-hybridized carbons (Fsp3) is 0.407. The lowest BCUT2D eigenvalue weighted by Crippen LogP contribution is -2.38. The van der Waals surface area contributed by atoms with Crippen molar-refractivity contribution >= 4 is 32.4 Å². The highest BCUT2D eigenvalue weighted by molar-refractivity contribution is 7.23. The van der Waals surface area contributed by atoms with E-state index in [-0.39, 0.29) is 23.8 Å². The molecule has 2 N–H and O–H groups in total. The van der Waals surface area contributed by atoms with Gasteiger partial charge in [0.1, 0.15) is 5.82 Å². The molecule has 180 valence electrons. The summed E-state index contributed by atoms with van der Waals surface area (Å²) in [6, 6.07) is 11.7. The number of fused-ring (bicyclic) bond motifs is 3. The summed E-state index contributed by atoms with van der Waals surface area (Å²) in [6.07, 6.45) is 8.32. The van der Waals surface area contributed by atoms with E-state index in [1.165, 1.54) is 30.6 Å². The van der Waals surface area contributed by atoms with Gasteiger partial charge in [0.05, 0.1) is 15.9 Å². The van der Waals surface area contributed by atoms with Crippen molar-refractivity contribution in [2.45, 2.75) is 56.1 Å². The van der Waals surface area contributed by atoms with E-state index in [2.05, 4.69) is 10.6 Å². The second kappa shape index (κ2) is 8.11. The molecule has 8 heteroatoms. The van der Waals surface area contributed by atoms with Gasteiger partial charge >= 0.3 is 0 Å². The Hall–Kier alpha value is -2.81. The van der Waals surface area contributed by atoms with Gasteiger partial charge in [0.25, 0.3) is 5.91 Å². The van der Waals surface area contributed by atoms with Gasteiger partial charge in [-0.05, 0) is 74.4 Å². The van der Waals surface area contributed by atoms with Gasteiger partial charge in [0.2, 0.25) is 0 Å². The molecule has 2 aliphatic heterocycles. The van der Waals surface area contributed by atoms with Gasteiger partial charge in [-0.2, -0.15) is 0 Å². The Bertz CT molecular complexity index is 1450. The second-order valence-electron chi connectivity index (χ2n) is 10.2. The van der Waals surface area contributed by atoms with Crippen LogP contribution in [-0.4, -0.2) is 40.1 Å². The molecule has 4 aromatic rings. The number of nitrogens with one attached hydrogen (secondary N) is 2. The van der Waals surface area contributed by atoms with Crippen LogP contribution in [0.4, 0.5) is 4.39 Å². The van der Waals surface area contributed by atoms with E-state index in [9.17, 15) is 4.79 Å². The maximum Gasteiger partial charge on any atom is 0.251 e. The number of benzene rings is 2. The number of hydrogen-bond donors (Lipinski definition) is 2. The Balaban J connectivity index is 1.14. The van der Waals surface area contributed by atoms with Gasteiger partial charge < -0.3 is 15.4 Å². The number of carbonyl (C=O) groups excluding carboxylic acids is 1. The molecular weight excluding hydrogens is 463 g/mol. The Morgan fingerprint density at radius 3 is 2.77 bits per heavy atom. The lowest BCUT2D eigenvalue weighted by atomic mass is 10.0. The maximum absolute atomic E-state index is 15.2. The second-order valence-corrected chi connectivity index (χ2v) is 11.2. The molecule has 2 aromatic carbocycles. The minimum atomic E-state index is -0.233. The lowest BCUT2D eigenvalue weighted by molar-refractivity contribution is 0.0696. The van der Waals surface area contributed by atoms with Gasteiger partial charge in [0.15, 0.2) is 4.96 Å². The van der Waals surface area contributed by atoms with Gasteiger partial charge in [-0.1, -0.05) is 17.4 Å². The number of rotatable bonds is 4. The fourth-order valence-corrected chi connectivity index (χ4v) is 6.62. The van der Waals surface area contributed by atoms with Crippen LogP contribution in [0.25, 0.3) is 26.4 Å². The van der Waals surface area contributed by atoms with Crippen molar-refractivity contribution in [3.05, 3.63) is 59.5 Å². The normalized spacial score (nSPS) is 21.8. The smallest absolute Gasteiger partial charge is 0.251 e. The molecule has 1 spiro atoms. The highest BCUT2D eigenvalue weighted by Gasteiger charge is 2.48. The molecular formula is C27H27FN4O2S. The van der Waals surface area contributed by atoms with Crippen LogP contribution < -0.4 is 10.6 Å². The first-order chi connectivity index (χ1) is 17.1. The number of amides is 1. The van der Waals surface area contributed by atoms with Crippen molar-refractivity contribution in [1.82, 2.24) is 20.0 Å². The first kappa shape index (κ1) is 21.5. The highest BCUT2D eigenvalue weighted by atomic mass is 32.1. The van der Waals surface area contributed by atoms with E-state index in [0.29, 0.717) is 35.6 Å². The molecule has 0 radical (unpaired) electrons. The monoisotopic (exact) mass is 490 g/mol. The van der Waals surface area contributed by atoms with E-state index in [4.69, 9.17) is 9.72 Å². The summed E-state index contributed by atoms with van der Waals surface area (Å²) in [5, 5.41) is 6.81. The molecule has 1 aliphatic carbocycles. The van der Waals surface area contributed by atoms with E-state index in [0.717, 1.165) is 40.0 Å². The summed E-state index contributed by atoms with van der Waals surface area (Å²) in [4.78, 5) is 18.2. The molecule has 0 bridgehead atoms. The molecule has 6 nitrogen and oxygen atoms in total. The minimum absolute atomic E-state index is 0.0583. The van der Waals surface area contributed by atoms with Crippen molar-refractivity contribution in [2.24, 2.45) is 0 Å². The molecule has 1 amide bonds. The molecule has 2 aromatic heterocycles. The maximum atomic E-state index is 15.2. The SMILES string of the molecule is O=C(NC1CCOCC1)c1ccc2c(c1)sc1nc(-c3ccc(C4CCC5(CC5)N4)cc3F)cn12. The van der Waals surface area contributed by atoms with E-state index in [1.54, 1.807) is 6.07 Å². The van der Waals surface area contributed by atoms with Crippen LogP contribution in [-0.2, 0) is 4.74 Å². The Kier molecular flexibility index (Phi) is 4.98. The number of hydrogen-bond acceptors (Lipinski definition) is 5. The average Bonchev–Trinajstić information content (AvgIpc) is 3.15. The van der Waals surface area contributed by atoms with Crippen molar-refractivity contribution in [3.63, 3.8) is 0 Å². The lowest BCUT2D eigenvalue weighted by Gasteiger charge is -2.23. The first-order valence-corrected chi connectivity index (χ1v) is 13.3. The average molecular weight is 491 g/mol. The van der Waals surface area contributed by atoms with Crippen LogP contribution in [0.2, 0.25) is 0 Å². The molecule has 1 unspecified atom stereocenters. The topological polar surface area (TPSA) is 67.7 Å². The summed E-state index contributed by atoms with van der Waals surface area (Å²) in [7, 11) is 0. The quantitative estimate of drug-likeness (QED) is 0.412. The van der Waals surface area contributed by atoms with Crippen LogP contribution in [0, 0.1) is 5.82 Å². The number of imidazole rings is 1. The molecule has 3 fully saturated rings. The van der Waals surface area contributed by atoms with Gasteiger partial charge in [-0.3, -0.25) is 9.20 Å². The van der Waals surface area contributed by atoms with Crippen LogP contribution >= 0.6 is 11.3 Å². The summed E-state index contributed by atoms with van der Waals surface area (Å²) in [5.41, 5.74) is 4.11. The van der Waals surface area contributed by atoms with Gasteiger partial charge in [0, 0.05) is 48.2 Å². The number of halogens is 1. The van der Waals surface area contributed by atoms with Gasteiger partial charge in [-0.15, -0.1) is 0 Å². The summed E-state index contributed by atoms with van der Waals surface area (Å²) < 4.78 is 23.5. The van der Waals surface area contributed by atoms with E-state index < -0.39 is 0 Å². The Morgan fingerprint density at radius 1 is 1.14 bits per heavy atom. The van der Waals surface area contributed by atoms with E-state index >= 15 is 4.39 Å². The zero-order valence-corrected chi connectivity index (χ0v) is 20.2. The summed E-state index contributed by atoms with van der Waals surface area (Å²) >= 11 is 1.51. The standard InChI is InChI=1S/C27H27FN4O2S/c28-20-13-16(21-5-8-27(31-21)9-10-27)1-3-19(20)22-15-32-23-4-2-17(14-24(23)35-26(32)30-22)25(33)29-18-6-11-34-12-7-18/h1-4,13-15,18,21,31H,5-12H2,(H,29,33). The van der Waals surface area contributed by atoms with Crippen molar-refractivity contribution in [2.75, 3.05) is 13.2 Å². The predicted molar refractivity (Wildman–Crippen MR) is 134 cm³/mol. The molecule has 1 saturated carbocycles. The third kappa shape index (κ3) is 3.84. The predicted octanol–water partition coefficient (Wildman–Crippen LogP) is 5.22. The number of aromatic nitrogens is 2. The minimum Gasteiger partial charge on any atom is -0.381 e. The highest BCUT2D eigenvalue weighted by Crippen LogP contribution is 2.48. The van der Waals surface area contributed by atoms with Gasteiger partial charge in [-0.25, -0.2) is 9.37 Å². The fourth-order valence-electron chi connectivity index (χ4n) is 5.57. The molecule has 7 rings (SSSR count). The third-order valence-electron chi connectivity index (χ3n) is 7.83. The van der Waals surface area contributed by atoms with E-state index in [1.807, 2.05) is 40.9 Å². The Labute approximate surface area is 206 Å².